The molecule has 1 heterocycles. The fourth-order valence-electron chi connectivity index (χ4n) is 1.27. The minimum absolute atomic E-state index is 0.174. The molecule has 0 radical (unpaired) electrons. The average Bonchev–Trinajstić information content (AvgIpc) is 2.04. The Morgan fingerprint density at radius 2 is 2.23 bits per heavy atom. The van der Waals surface area contributed by atoms with Crippen LogP contribution in [-0.2, 0) is 6.54 Å². The molecular formula is C9H13N3O. The van der Waals surface area contributed by atoms with Gasteiger partial charge in [0.15, 0.2) is 0 Å². The molecule has 0 bridgehead atoms. The number of nitrogens with one attached hydrogen (secondary N) is 1. The second kappa shape index (κ2) is 3.43. The van der Waals surface area contributed by atoms with E-state index in [0.29, 0.717) is 6.54 Å². The predicted octanol–water partition coefficient (Wildman–Crippen LogP) is 0.461. The zero-order valence-corrected chi connectivity index (χ0v) is 7.79. The van der Waals surface area contributed by atoms with Crippen LogP contribution in [0.4, 0.5) is 0 Å². The Bertz CT molecular complexity index is 392. The van der Waals surface area contributed by atoms with Gasteiger partial charge in [0.25, 0.3) is 5.56 Å². The fourth-order valence-corrected chi connectivity index (χ4v) is 1.27. The molecule has 1 rings (SSSR count). The van der Waals surface area contributed by atoms with Crippen molar-refractivity contribution in [3.63, 3.8) is 0 Å². The third-order valence-corrected chi connectivity index (χ3v) is 2.00. The highest BCUT2D eigenvalue weighted by Crippen LogP contribution is 1.97. The first-order chi connectivity index (χ1) is 6.07. The van der Waals surface area contributed by atoms with Gasteiger partial charge >= 0.3 is 0 Å². The lowest BCUT2D eigenvalue weighted by molar-refractivity contribution is 0.699. The predicted molar refractivity (Wildman–Crippen MR) is 52.1 cm³/mol. The van der Waals surface area contributed by atoms with Gasteiger partial charge in [0.05, 0.1) is 5.56 Å². The summed E-state index contributed by atoms with van der Waals surface area (Å²) in [5.41, 5.74) is 6.23. The Labute approximate surface area is 76.5 Å². The number of amidine groups is 1. The summed E-state index contributed by atoms with van der Waals surface area (Å²) < 4.78 is 1.59. The van der Waals surface area contributed by atoms with Crippen LogP contribution in [0.1, 0.15) is 18.2 Å². The Hall–Kier alpha value is -1.58. The molecule has 0 saturated carbocycles. The molecule has 0 atom stereocenters. The van der Waals surface area contributed by atoms with Crippen molar-refractivity contribution in [2.75, 3.05) is 0 Å². The van der Waals surface area contributed by atoms with Gasteiger partial charge in [-0.1, -0.05) is 0 Å². The van der Waals surface area contributed by atoms with E-state index in [0.717, 1.165) is 5.69 Å². The quantitative estimate of drug-likeness (QED) is 0.511. The van der Waals surface area contributed by atoms with Crippen LogP contribution in [0.5, 0.6) is 0 Å². The van der Waals surface area contributed by atoms with Gasteiger partial charge in [0.1, 0.15) is 5.84 Å². The van der Waals surface area contributed by atoms with Crippen LogP contribution in [0.3, 0.4) is 0 Å². The Balaban J connectivity index is 3.45. The van der Waals surface area contributed by atoms with E-state index >= 15 is 0 Å². The van der Waals surface area contributed by atoms with Crippen LogP contribution in [0.15, 0.2) is 16.9 Å². The third-order valence-electron chi connectivity index (χ3n) is 2.00. The largest absolute Gasteiger partial charge is 0.384 e. The number of hydrogen-bond acceptors (Lipinski definition) is 2. The van der Waals surface area contributed by atoms with Gasteiger partial charge in [-0.15, -0.1) is 0 Å². The maximum atomic E-state index is 11.6. The zero-order chi connectivity index (χ0) is 10.0. The highest BCUT2D eigenvalue weighted by molar-refractivity contribution is 5.94. The molecule has 70 valence electrons. The Kier molecular flexibility index (Phi) is 2.51. The van der Waals surface area contributed by atoms with Crippen LogP contribution in [0.25, 0.3) is 0 Å². The first-order valence-electron chi connectivity index (χ1n) is 4.12. The molecule has 3 N–H and O–H groups in total. The molecule has 0 amide bonds. The highest BCUT2D eigenvalue weighted by Gasteiger charge is 2.06. The standard InChI is InChI=1S/C9H13N3O/c1-3-12-6(2)4-5-7(8(10)11)9(12)13/h4-5H,3H2,1-2H3,(H3,10,11). The number of aromatic nitrogens is 1. The van der Waals surface area contributed by atoms with Crippen molar-refractivity contribution in [3.8, 4) is 0 Å². The van der Waals surface area contributed by atoms with E-state index in [9.17, 15) is 4.79 Å². The van der Waals surface area contributed by atoms with E-state index in [1.54, 1.807) is 16.7 Å². The second-order valence-electron chi connectivity index (χ2n) is 2.85. The normalized spacial score (nSPS) is 10.0. The van der Waals surface area contributed by atoms with Gasteiger partial charge < -0.3 is 10.3 Å². The van der Waals surface area contributed by atoms with Crippen LogP contribution in [0, 0.1) is 12.3 Å². The van der Waals surface area contributed by atoms with Gasteiger partial charge in [-0.2, -0.15) is 0 Å². The van der Waals surface area contributed by atoms with Gasteiger partial charge in [-0.05, 0) is 26.0 Å². The van der Waals surface area contributed by atoms with Crippen molar-refractivity contribution in [2.24, 2.45) is 5.73 Å². The lowest BCUT2D eigenvalue weighted by atomic mass is 10.2. The minimum atomic E-state index is -0.185. The lowest BCUT2D eigenvalue weighted by Gasteiger charge is -2.08. The molecular weight excluding hydrogens is 166 g/mol. The van der Waals surface area contributed by atoms with E-state index in [2.05, 4.69) is 0 Å². The van der Waals surface area contributed by atoms with Gasteiger partial charge in [0, 0.05) is 12.2 Å². The molecule has 4 heteroatoms. The first kappa shape index (κ1) is 9.51. The molecule has 0 aliphatic heterocycles. The van der Waals surface area contributed by atoms with E-state index in [-0.39, 0.29) is 17.0 Å². The summed E-state index contributed by atoms with van der Waals surface area (Å²) in [6, 6.07) is 3.38. The van der Waals surface area contributed by atoms with Crippen molar-refractivity contribution in [2.45, 2.75) is 20.4 Å². The van der Waals surface area contributed by atoms with E-state index in [1.807, 2.05) is 13.8 Å². The highest BCUT2D eigenvalue weighted by atomic mass is 16.1. The van der Waals surface area contributed by atoms with E-state index in [1.165, 1.54) is 0 Å². The molecule has 0 aromatic carbocycles. The molecule has 0 unspecified atom stereocenters. The molecule has 1 aromatic rings. The molecule has 0 spiro atoms. The smallest absolute Gasteiger partial charge is 0.261 e. The summed E-state index contributed by atoms with van der Waals surface area (Å²) >= 11 is 0. The number of aryl methyl sites for hydroxylation is 1. The van der Waals surface area contributed by atoms with Gasteiger partial charge in [-0.3, -0.25) is 10.2 Å². The molecule has 0 aliphatic rings. The number of nitrogen functional groups attached to an aromatic ring is 1. The van der Waals surface area contributed by atoms with Crippen molar-refractivity contribution < 1.29 is 0 Å². The van der Waals surface area contributed by atoms with Crippen LogP contribution in [-0.4, -0.2) is 10.4 Å². The van der Waals surface area contributed by atoms with Gasteiger partial charge in [0.2, 0.25) is 0 Å². The molecule has 0 fully saturated rings. The van der Waals surface area contributed by atoms with Crippen molar-refractivity contribution in [1.82, 2.24) is 4.57 Å². The lowest BCUT2D eigenvalue weighted by Crippen LogP contribution is -2.30. The number of nitrogens with two attached hydrogens (primary N) is 1. The number of rotatable bonds is 2. The summed E-state index contributed by atoms with van der Waals surface area (Å²) in [4.78, 5) is 11.6. The number of nitrogens with zero attached hydrogens (tertiary/aromatic N) is 1. The van der Waals surface area contributed by atoms with Gasteiger partial charge in [-0.25, -0.2) is 0 Å². The molecule has 1 aromatic heterocycles. The summed E-state index contributed by atoms with van der Waals surface area (Å²) in [6.07, 6.45) is 0. The maximum absolute atomic E-state index is 11.6. The monoisotopic (exact) mass is 179 g/mol. The SMILES string of the molecule is CCn1c(C)ccc(C(=N)N)c1=O. The summed E-state index contributed by atoms with van der Waals surface area (Å²) in [6.45, 7) is 4.35. The first-order valence-corrected chi connectivity index (χ1v) is 4.12. The van der Waals surface area contributed by atoms with E-state index < -0.39 is 0 Å². The van der Waals surface area contributed by atoms with Crippen molar-refractivity contribution in [1.29, 1.82) is 5.41 Å². The van der Waals surface area contributed by atoms with E-state index in [4.69, 9.17) is 11.1 Å². The molecule has 0 aliphatic carbocycles. The third kappa shape index (κ3) is 1.61. The Morgan fingerprint density at radius 1 is 1.62 bits per heavy atom. The second-order valence-corrected chi connectivity index (χ2v) is 2.85. The minimum Gasteiger partial charge on any atom is -0.384 e. The van der Waals surface area contributed by atoms with Crippen LogP contribution in [0.2, 0.25) is 0 Å². The molecule has 4 nitrogen and oxygen atoms in total. The maximum Gasteiger partial charge on any atom is 0.261 e. The fraction of sp³-hybridized carbons (Fsp3) is 0.333. The number of pyridine rings is 1. The van der Waals surface area contributed by atoms with Crippen molar-refractivity contribution >= 4 is 5.84 Å². The average molecular weight is 179 g/mol. The van der Waals surface area contributed by atoms with Crippen LogP contribution >= 0.6 is 0 Å². The Morgan fingerprint density at radius 3 is 2.69 bits per heavy atom. The summed E-state index contributed by atoms with van der Waals surface area (Å²) in [5, 5.41) is 7.18. The topological polar surface area (TPSA) is 71.9 Å². The summed E-state index contributed by atoms with van der Waals surface area (Å²) in [5.74, 6) is -0.174. The van der Waals surface area contributed by atoms with Crippen molar-refractivity contribution in [3.05, 3.63) is 33.7 Å². The molecule has 0 saturated heterocycles. The number of hydrogen-bond donors (Lipinski definition) is 2. The summed E-state index contributed by atoms with van der Waals surface area (Å²) in [7, 11) is 0. The molecule has 13 heavy (non-hydrogen) atoms. The van der Waals surface area contributed by atoms with Crippen LogP contribution < -0.4 is 11.3 Å². The zero-order valence-electron chi connectivity index (χ0n) is 7.79.